The van der Waals surface area contributed by atoms with E-state index in [4.69, 9.17) is 9.26 Å². The van der Waals surface area contributed by atoms with Crippen molar-refractivity contribution in [2.24, 2.45) is 0 Å². The standard InChI is InChI=1S/C10H14N2O2S/c1-3-13-5-7-8(1)12-14-10(7)9-6-15-4-2-11-9/h9,11H,1-6H2. The third-order valence-corrected chi connectivity index (χ3v) is 3.93. The van der Waals surface area contributed by atoms with Crippen molar-refractivity contribution in [3.63, 3.8) is 0 Å². The molecule has 0 saturated carbocycles. The number of nitrogens with zero attached hydrogens (tertiary/aromatic N) is 1. The van der Waals surface area contributed by atoms with Gasteiger partial charge in [0.1, 0.15) is 0 Å². The predicted molar refractivity (Wildman–Crippen MR) is 57.9 cm³/mol. The quantitative estimate of drug-likeness (QED) is 0.777. The zero-order valence-corrected chi connectivity index (χ0v) is 9.31. The Kier molecular flexibility index (Phi) is 2.68. The number of nitrogens with one attached hydrogen (secondary N) is 1. The second kappa shape index (κ2) is 4.15. The minimum absolute atomic E-state index is 0.321. The molecule has 1 N–H and O–H groups in total. The van der Waals surface area contributed by atoms with Gasteiger partial charge in [-0.05, 0) is 0 Å². The molecule has 0 bridgehead atoms. The highest BCUT2D eigenvalue weighted by atomic mass is 32.2. The van der Waals surface area contributed by atoms with E-state index in [9.17, 15) is 0 Å². The van der Waals surface area contributed by atoms with Gasteiger partial charge in [0.2, 0.25) is 0 Å². The van der Waals surface area contributed by atoms with Crippen molar-refractivity contribution >= 4 is 11.8 Å². The summed E-state index contributed by atoms with van der Waals surface area (Å²) in [5.74, 6) is 3.25. The molecule has 3 heterocycles. The van der Waals surface area contributed by atoms with E-state index in [2.05, 4.69) is 10.5 Å². The first-order chi connectivity index (χ1) is 7.45. The zero-order valence-electron chi connectivity index (χ0n) is 8.49. The first-order valence-electron chi connectivity index (χ1n) is 5.31. The monoisotopic (exact) mass is 226 g/mol. The lowest BCUT2D eigenvalue weighted by Gasteiger charge is -2.22. The molecule has 3 rings (SSSR count). The number of fused-ring (bicyclic) bond motifs is 1. The fourth-order valence-electron chi connectivity index (χ4n) is 2.06. The first kappa shape index (κ1) is 9.69. The van der Waals surface area contributed by atoms with E-state index in [1.807, 2.05) is 11.8 Å². The summed E-state index contributed by atoms with van der Waals surface area (Å²) < 4.78 is 10.9. The SMILES string of the molecule is C1CSCC(c2onc3c2COCC3)N1. The molecule has 0 aromatic carbocycles. The van der Waals surface area contributed by atoms with E-state index < -0.39 is 0 Å². The summed E-state index contributed by atoms with van der Waals surface area (Å²) in [4.78, 5) is 0. The Labute approximate surface area is 92.7 Å². The van der Waals surface area contributed by atoms with Crippen molar-refractivity contribution in [2.45, 2.75) is 19.1 Å². The summed E-state index contributed by atoms with van der Waals surface area (Å²) in [5.41, 5.74) is 2.27. The fraction of sp³-hybridized carbons (Fsp3) is 0.700. The molecule has 1 aromatic rings. The molecule has 1 unspecified atom stereocenters. The Morgan fingerprint density at radius 3 is 3.33 bits per heavy atom. The van der Waals surface area contributed by atoms with Crippen LogP contribution in [0.1, 0.15) is 23.1 Å². The summed E-state index contributed by atoms with van der Waals surface area (Å²) >= 11 is 1.96. The van der Waals surface area contributed by atoms with Crippen LogP contribution in [0.2, 0.25) is 0 Å². The van der Waals surface area contributed by atoms with E-state index in [0.29, 0.717) is 12.6 Å². The minimum atomic E-state index is 0.321. The van der Waals surface area contributed by atoms with Crippen molar-refractivity contribution in [3.8, 4) is 0 Å². The molecule has 4 nitrogen and oxygen atoms in total. The van der Waals surface area contributed by atoms with Gasteiger partial charge in [-0.3, -0.25) is 0 Å². The van der Waals surface area contributed by atoms with Crippen LogP contribution in [0.25, 0.3) is 0 Å². The summed E-state index contributed by atoms with van der Waals surface area (Å²) in [6.07, 6.45) is 0.888. The summed E-state index contributed by atoms with van der Waals surface area (Å²) in [6.45, 7) is 2.48. The van der Waals surface area contributed by atoms with E-state index in [0.717, 1.165) is 36.8 Å². The molecular weight excluding hydrogens is 212 g/mol. The molecule has 0 amide bonds. The average molecular weight is 226 g/mol. The molecule has 1 atom stereocenters. The van der Waals surface area contributed by atoms with Crippen LogP contribution in [-0.4, -0.2) is 29.8 Å². The average Bonchev–Trinajstić information content (AvgIpc) is 2.74. The lowest BCUT2D eigenvalue weighted by Crippen LogP contribution is -2.30. The Balaban J connectivity index is 1.87. The van der Waals surface area contributed by atoms with Gasteiger partial charge in [-0.2, -0.15) is 11.8 Å². The van der Waals surface area contributed by atoms with Gasteiger partial charge in [0.25, 0.3) is 0 Å². The number of thioether (sulfide) groups is 1. The molecule has 1 aromatic heterocycles. The summed E-state index contributed by atoms with van der Waals surface area (Å²) in [5, 5.41) is 7.59. The molecule has 1 saturated heterocycles. The first-order valence-corrected chi connectivity index (χ1v) is 6.47. The number of aromatic nitrogens is 1. The second-order valence-corrected chi connectivity index (χ2v) is 5.01. The maximum Gasteiger partial charge on any atom is 0.160 e. The van der Waals surface area contributed by atoms with Crippen LogP contribution >= 0.6 is 11.8 Å². The molecule has 15 heavy (non-hydrogen) atoms. The maximum absolute atomic E-state index is 5.45. The van der Waals surface area contributed by atoms with Crippen LogP contribution in [0.15, 0.2) is 4.52 Å². The molecular formula is C10H14N2O2S. The zero-order chi connectivity index (χ0) is 10.1. The van der Waals surface area contributed by atoms with Gasteiger partial charge in [0.05, 0.1) is 24.9 Å². The molecule has 0 spiro atoms. The van der Waals surface area contributed by atoms with E-state index in [-0.39, 0.29) is 0 Å². The molecule has 0 radical (unpaired) electrons. The highest BCUT2D eigenvalue weighted by Crippen LogP contribution is 2.29. The highest BCUT2D eigenvalue weighted by Gasteiger charge is 2.27. The number of hydrogen-bond acceptors (Lipinski definition) is 5. The number of ether oxygens (including phenoxy) is 1. The molecule has 5 heteroatoms. The molecule has 0 aliphatic carbocycles. The van der Waals surface area contributed by atoms with Crippen LogP contribution in [0, 0.1) is 0 Å². The lowest BCUT2D eigenvalue weighted by atomic mass is 10.1. The normalized spacial score (nSPS) is 26.3. The Hall–Kier alpha value is -0.520. The summed E-state index contributed by atoms with van der Waals surface area (Å²) in [6, 6.07) is 0.321. The minimum Gasteiger partial charge on any atom is -0.376 e. The van der Waals surface area contributed by atoms with E-state index in [1.165, 1.54) is 11.3 Å². The Morgan fingerprint density at radius 1 is 1.47 bits per heavy atom. The van der Waals surface area contributed by atoms with Crippen LogP contribution in [-0.2, 0) is 17.8 Å². The van der Waals surface area contributed by atoms with Gasteiger partial charge in [0, 0.05) is 30.0 Å². The maximum atomic E-state index is 5.45. The van der Waals surface area contributed by atoms with Gasteiger partial charge in [-0.15, -0.1) is 0 Å². The van der Waals surface area contributed by atoms with E-state index >= 15 is 0 Å². The lowest BCUT2D eigenvalue weighted by molar-refractivity contribution is 0.109. The van der Waals surface area contributed by atoms with Crippen molar-refractivity contribution in [2.75, 3.05) is 24.7 Å². The Morgan fingerprint density at radius 2 is 2.47 bits per heavy atom. The van der Waals surface area contributed by atoms with Crippen molar-refractivity contribution in [1.82, 2.24) is 10.5 Å². The molecule has 1 fully saturated rings. The Bertz CT molecular complexity index is 347. The van der Waals surface area contributed by atoms with Gasteiger partial charge >= 0.3 is 0 Å². The third-order valence-electron chi connectivity index (χ3n) is 2.87. The van der Waals surface area contributed by atoms with Crippen LogP contribution < -0.4 is 5.32 Å². The van der Waals surface area contributed by atoms with Gasteiger partial charge in [-0.1, -0.05) is 5.16 Å². The van der Waals surface area contributed by atoms with Gasteiger partial charge < -0.3 is 14.6 Å². The number of rotatable bonds is 1. The molecule has 2 aliphatic rings. The van der Waals surface area contributed by atoms with Crippen molar-refractivity contribution in [3.05, 3.63) is 17.0 Å². The van der Waals surface area contributed by atoms with Crippen molar-refractivity contribution in [1.29, 1.82) is 0 Å². The van der Waals surface area contributed by atoms with Gasteiger partial charge in [-0.25, -0.2) is 0 Å². The largest absolute Gasteiger partial charge is 0.376 e. The third kappa shape index (κ3) is 1.79. The molecule has 82 valence electrons. The smallest absolute Gasteiger partial charge is 0.160 e. The van der Waals surface area contributed by atoms with Crippen LogP contribution in [0.5, 0.6) is 0 Å². The highest BCUT2D eigenvalue weighted by molar-refractivity contribution is 7.99. The van der Waals surface area contributed by atoms with Crippen LogP contribution in [0.4, 0.5) is 0 Å². The second-order valence-electron chi connectivity index (χ2n) is 3.86. The summed E-state index contributed by atoms with van der Waals surface area (Å²) in [7, 11) is 0. The molecule has 2 aliphatic heterocycles. The van der Waals surface area contributed by atoms with Crippen LogP contribution in [0.3, 0.4) is 0 Å². The fourth-order valence-corrected chi connectivity index (χ4v) is 2.99. The van der Waals surface area contributed by atoms with E-state index in [1.54, 1.807) is 0 Å². The number of hydrogen-bond donors (Lipinski definition) is 1. The predicted octanol–water partition coefficient (Wildman–Crippen LogP) is 1.12. The van der Waals surface area contributed by atoms with Crippen molar-refractivity contribution < 1.29 is 9.26 Å². The van der Waals surface area contributed by atoms with Gasteiger partial charge in [0.15, 0.2) is 5.76 Å². The topological polar surface area (TPSA) is 47.3 Å².